The van der Waals surface area contributed by atoms with E-state index in [4.69, 9.17) is 0 Å². The second-order valence-electron chi connectivity index (χ2n) is 8.21. The number of nitrogens with zero attached hydrogens (tertiary/aromatic N) is 2. The lowest BCUT2D eigenvalue weighted by atomic mass is 9.91. The van der Waals surface area contributed by atoms with Crippen LogP contribution >= 0.6 is 0 Å². The van der Waals surface area contributed by atoms with Gasteiger partial charge in [0.25, 0.3) is 0 Å². The molecule has 2 amide bonds. The third kappa shape index (κ3) is 5.47. The standard InChI is InChI=1S/C19H35N3O2/c1-14(2)8-9-18(23)20-17-10-11-22(12-15(17)3)19(24)13-21(4)16-6-5-7-16/h14-17H,5-13H2,1-4H3,(H,20,23). The van der Waals surface area contributed by atoms with E-state index in [0.29, 0.717) is 30.8 Å². The molecule has 1 saturated carbocycles. The molecule has 2 rings (SSSR count). The maximum atomic E-state index is 12.5. The predicted octanol–water partition coefficient (Wildman–Crippen LogP) is 2.26. The van der Waals surface area contributed by atoms with Gasteiger partial charge in [0.15, 0.2) is 0 Å². The minimum Gasteiger partial charge on any atom is -0.353 e. The van der Waals surface area contributed by atoms with Gasteiger partial charge in [0.1, 0.15) is 0 Å². The zero-order valence-electron chi connectivity index (χ0n) is 15.9. The molecule has 5 nitrogen and oxygen atoms in total. The lowest BCUT2D eigenvalue weighted by Crippen LogP contribution is -2.53. The topological polar surface area (TPSA) is 52.7 Å². The molecule has 2 atom stereocenters. The molecule has 0 aromatic heterocycles. The van der Waals surface area contributed by atoms with Gasteiger partial charge >= 0.3 is 0 Å². The molecule has 2 unspecified atom stereocenters. The minimum atomic E-state index is 0.157. The molecule has 24 heavy (non-hydrogen) atoms. The molecule has 1 N–H and O–H groups in total. The van der Waals surface area contributed by atoms with E-state index in [-0.39, 0.29) is 17.9 Å². The Morgan fingerprint density at radius 1 is 1.25 bits per heavy atom. The van der Waals surface area contributed by atoms with E-state index in [1.807, 2.05) is 4.90 Å². The molecule has 1 saturated heterocycles. The van der Waals surface area contributed by atoms with Gasteiger partial charge in [-0.1, -0.05) is 27.2 Å². The third-order valence-electron chi connectivity index (χ3n) is 5.64. The normalized spacial score (nSPS) is 25.0. The Bertz CT molecular complexity index is 434. The molecule has 1 aliphatic heterocycles. The van der Waals surface area contributed by atoms with Crippen molar-refractivity contribution in [2.45, 2.75) is 71.4 Å². The van der Waals surface area contributed by atoms with Crippen molar-refractivity contribution in [2.75, 3.05) is 26.7 Å². The maximum Gasteiger partial charge on any atom is 0.236 e. The molecule has 0 bridgehead atoms. The van der Waals surface area contributed by atoms with Crippen molar-refractivity contribution < 1.29 is 9.59 Å². The van der Waals surface area contributed by atoms with E-state index in [1.54, 1.807) is 0 Å². The fourth-order valence-corrected chi connectivity index (χ4v) is 3.56. The van der Waals surface area contributed by atoms with Crippen LogP contribution in [0.25, 0.3) is 0 Å². The lowest BCUT2D eigenvalue weighted by molar-refractivity contribution is -0.135. The Labute approximate surface area is 147 Å². The van der Waals surface area contributed by atoms with Crippen LogP contribution in [0, 0.1) is 11.8 Å². The molecule has 0 aromatic rings. The summed E-state index contributed by atoms with van der Waals surface area (Å²) in [4.78, 5) is 28.7. The molecule has 0 spiro atoms. The molecule has 1 heterocycles. The fourth-order valence-electron chi connectivity index (χ4n) is 3.56. The van der Waals surface area contributed by atoms with Crippen LogP contribution in [0.5, 0.6) is 0 Å². The lowest BCUT2D eigenvalue weighted by Gasteiger charge is -2.39. The number of carbonyl (C=O) groups excluding carboxylic acids is 2. The van der Waals surface area contributed by atoms with E-state index < -0.39 is 0 Å². The van der Waals surface area contributed by atoms with E-state index in [2.05, 4.69) is 38.0 Å². The van der Waals surface area contributed by atoms with Crippen LogP contribution in [0.1, 0.15) is 59.3 Å². The Hall–Kier alpha value is -1.10. The van der Waals surface area contributed by atoms with E-state index in [0.717, 1.165) is 25.9 Å². The second-order valence-corrected chi connectivity index (χ2v) is 8.21. The predicted molar refractivity (Wildman–Crippen MR) is 96.6 cm³/mol. The molecule has 138 valence electrons. The summed E-state index contributed by atoms with van der Waals surface area (Å²) < 4.78 is 0. The summed E-state index contributed by atoms with van der Waals surface area (Å²) in [5, 5.41) is 3.17. The van der Waals surface area contributed by atoms with Crippen LogP contribution in [0.3, 0.4) is 0 Å². The van der Waals surface area contributed by atoms with Crippen LogP contribution < -0.4 is 5.32 Å². The Morgan fingerprint density at radius 3 is 2.50 bits per heavy atom. The first kappa shape index (κ1) is 19.2. The highest BCUT2D eigenvalue weighted by molar-refractivity contribution is 5.79. The zero-order valence-corrected chi connectivity index (χ0v) is 15.9. The molecular formula is C19H35N3O2. The van der Waals surface area contributed by atoms with E-state index in [9.17, 15) is 9.59 Å². The zero-order chi connectivity index (χ0) is 17.7. The number of carbonyl (C=O) groups is 2. The average Bonchev–Trinajstić information content (AvgIpc) is 2.45. The van der Waals surface area contributed by atoms with Gasteiger partial charge in [-0.15, -0.1) is 0 Å². The summed E-state index contributed by atoms with van der Waals surface area (Å²) in [5.41, 5.74) is 0. The van der Waals surface area contributed by atoms with Crippen LogP contribution in [-0.2, 0) is 9.59 Å². The molecule has 2 fully saturated rings. The summed E-state index contributed by atoms with van der Waals surface area (Å²) in [7, 11) is 2.06. The van der Waals surface area contributed by atoms with Crippen molar-refractivity contribution in [1.29, 1.82) is 0 Å². The summed E-state index contributed by atoms with van der Waals surface area (Å²) in [6.45, 7) is 8.47. The molecule has 2 aliphatic rings. The quantitative estimate of drug-likeness (QED) is 0.775. The number of hydrogen-bond acceptors (Lipinski definition) is 3. The van der Waals surface area contributed by atoms with Gasteiger partial charge in [-0.2, -0.15) is 0 Å². The summed E-state index contributed by atoms with van der Waals surface area (Å²) >= 11 is 0. The molecule has 1 aliphatic carbocycles. The maximum absolute atomic E-state index is 12.5. The SMILES string of the molecule is CC(C)CCC(=O)NC1CCN(C(=O)CN(C)C2CCC2)CC1C. The van der Waals surface area contributed by atoms with Crippen LogP contribution in [-0.4, -0.2) is 60.4 Å². The van der Waals surface area contributed by atoms with E-state index in [1.165, 1.54) is 19.3 Å². The number of amides is 2. The van der Waals surface area contributed by atoms with Gasteiger partial charge in [0.2, 0.25) is 11.8 Å². The summed E-state index contributed by atoms with van der Waals surface area (Å²) in [5.74, 6) is 1.27. The highest BCUT2D eigenvalue weighted by atomic mass is 16.2. The number of rotatable bonds is 7. The number of nitrogens with one attached hydrogen (secondary N) is 1. The molecule has 5 heteroatoms. The van der Waals surface area contributed by atoms with Gasteiger partial charge in [-0.05, 0) is 44.6 Å². The van der Waals surface area contributed by atoms with Crippen molar-refractivity contribution >= 4 is 11.8 Å². The second kappa shape index (κ2) is 8.84. The Balaban J connectivity index is 1.73. The van der Waals surface area contributed by atoms with Gasteiger partial charge in [0.05, 0.1) is 6.54 Å². The number of hydrogen-bond donors (Lipinski definition) is 1. The van der Waals surface area contributed by atoms with E-state index >= 15 is 0 Å². The highest BCUT2D eigenvalue weighted by Crippen LogP contribution is 2.24. The van der Waals surface area contributed by atoms with Crippen LogP contribution in [0.4, 0.5) is 0 Å². The van der Waals surface area contributed by atoms with Gasteiger partial charge in [-0.25, -0.2) is 0 Å². The Kier molecular flexibility index (Phi) is 7.08. The van der Waals surface area contributed by atoms with Gasteiger partial charge in [0, 0.05) is 31.6 Å². The number of piperidine rings is 1. The first-order valence-electron chi connectivity index (χ1n) is 9.64. The molecular weight excluding hydrogens is 302 g/mol. The summed E-state index contributed by atoms with van der Waals surface area (Å²) in [6.07, 6.45) is 6.16. The number of likely N-dealkylation sites (tertiary alicyclic amines) is 1. The third-order valence-corrected chi connectivity index (χ3v) is 5.64. The molecule has 0 aromatic carbocycles. The van der Waals surface area contributed by atoms with Crippen molar-refractivity contribution in [3.63, 3.8) is 0 Å². The Morgan fingerprint density at radius 2 is 1.96 bits per heavy atom. The largest absolute Gasteiger partial charge is 0.353 e. The first-order valence-corrected chi connectivity index (χ1v) is 9.64. The van der Waals surface area contributed by atoms with Crippen molar-refractivity contribution in [2.24, 2.45) is 11.8 Å². The monoisotopic (exact) mass is 337 g/mol. The fraction of sp³-hybridized carbons (Fsp3) is 0.895. The first-order chi connectivity index (χ1) is 11.4. The molecule has 0 radical (unpaired) electrons. The van der Waals surface area contributed by atoms with Gasteiger partial charge in [-0.3, -0.25) is 14.5 Å². The summed E-state index contributed by atoms with van der Waals surface area (Å²) in [6, 6.07) is 0.808. The van der Waals surface area contributed by atoms with Crippen molar-refractivity contribution in [3.8, 4) is 0 Å². The highest BCUT2D eigenvalue weighted by Gasteiger charge is 2.31. The van der Waals surface area contributed by atoms with Crippen molar-refractivity contribution in [1.82, 2.24) is 15.1 Å². The number of likely N-dealkylation sites (N-methyl/N-ethyl adjacent to an activating group) is 1. The van der Waals surface area contributed by atoms with Crippen LogP contribution in [0.2, 0.25) is 0 Å². The van der Waals surface area contributed by atoms with Crippen molar-refractivity contribution in [3.05, 3.63) is 0 Å². The van der Waals surface area contributed by atoms with Gasteiger partial charge < -0.3 is 10.2 Å². The minimum absolute atomic E-state index is 0.157. The van der Waals surface area contributed by atoms with Crippen LogP contribution in [0.15, 0.2) is 0 Å². The smallest absolute Gasteiger partial charge is 0.236 e. The average molecular weight is 338 g/mol.